The Bertz CT molecular complexity index is 259. The first-order valence-electron chi connectivity index (χ1n) is 14.5. The zero-order chi connectivity index (χ0) is 24.5. The van der Waals surface area contributed by atoms with E-state index in [0.29, 0.717) is 0 Å². The summed E-state index contributed by atoms with van der Waals surface area (Å²) in [4.78, 5) is 14.3. The summed E-state index contributed by atoms with van der Waals surface area (Å²) >= 11 is 0. The highest BCUT2D eigenvalue weighted by Crippen LogP contribution is 2.12. The van der Waals surface area contributed by atoms with E-state index in [1.807, 2.05) is 0 Å². The van der Waals surface area contributed by atoms with Crippen LogP contribution < -0.4 is 0 Å². The summed E-state index contributed by atoms with van der Waals surface area (Å²) in [7, 11) is -3.13. The molecule has 0 aromatic rings. The van der Waals surface area contributed by atoms with Crippen LogP contribution in [-0.4, -0.2) is 9.79 Å². The quantitative estimate of drug-likeness (QED) is 0.120. The van der Waals surface area contributed by atoms with Crippen LogP contribution >= 0.6 is 8.25 Å². The molecule has 0 aliphatic carbocycles. The fourth-order valence-electron chi connectivity index (χ4n) is 3.83. The van der Waals surface area contributed by atoms with Gasteiger partial charge in [-0.3, -0.25) is 4.57 Å². The molecule has 0 spiro atoms. The third-order valence-electron chi connectivity index (χ3n) is 5.91. The first-order chi connectivity index (χ1) is 15.6. The summed E-state index contributed by atoms with van der Waals surface area (Å²) in [5, 5.41) is 0. The molecule has 0 aliphatic heterocycles. The second-order valence-electron chi connectivity index (χ2n) is 9.35. The van der Waals surface area contributed by atoms with E-state index < -0.39 is 8.25 Å². The Labute approximate surface area is 204 Å². The van der Waals surface area contributed by atoms with Crippen molar-refractivity contribution in [2.75, 3.05) is 0 Å². The average molecular weight is 479 g/mol. The lowest BCUT2D eigenvalue weighted by atomic mass is 10.1. The van der Waals surface area contributed by atoms with Crippen molar-refractivity contribution in [3.8, 4) is 0 Å². The molecule has 0 amide bonds. The fourth-order valence-corrected chi connectivity index (χ4v) is 3.83. The minimum Gasteiger partial charge on any atom is -0.326 e. The van der Waals surface area contributed by atoms with Crippen LogP contribution in [-0.2, 0) is 4.57 Å². The number of unbranched alkanes of at least 4 members (excludes halogenated alkanes) is 22. The molecule has 198 valence electrons. The SMILES string of the molecule is CCCCCCCCCCCCCC.CCCCCCCCCCCCCC.O=[PH](O)O. The summed E-state index contributed by atoms with van der Waals surface area (Å²) in [6.07, 6.45) is 34.9. The van der Waals surface area contributed by atoms with Gasteiger partial charge in [0.1, 0.15) is 0 Å². The van der Waals surface area contributed by atoms with E-state index in [2.05, 4.69) is 27.7 Å². The molecule has 0 bridgehead atoms. The van der Waals surface area contributed by atoms with Gasteiger partial charge in [0.25, 0.3) is 0 Å². The lowest BCUT2D eigenvalue weighted by Crippen LogP contribution is -1.81. The van der Waals surface area contributed by atoms with E-state index in [0.717, 1.165) is 0 Å². The molecular weight excluding hydrogens is 415 g/mol. The molecule has 0 saturated carbocycles. The van der Waals surface area contributed by atoms with Crippen molar-refractivity contribution in [2.24, 2.45) is 0 Å². The first kappa shape index (κ1) is 36.7. The first-order valence-corrected chi connectivity index (χ1v) is 15.8. The van der Waals surface area contributed by atoms with Crippen LogP contribution in [0.25, 0.3) is 0 Å². The van der Waals surface area contributed by atoms with Gasteiger partial charge in [0.15, 0.2) is 0 Å². The summed E-state index contributed by atoms with van der Waals surface area (Å²) in [5.74, 6) is 0. The number of rotatable bonds is 22. The van der Waals surface area contributed by atoms with Crippen molar-refractivity contribution < 1.29 is 14.4 Å². The molecule has 4 heteroatoms. The summed E-state index contributed by atoms with van der Waals surface area (Å²) in [5.41, 5.74) is 0. The van der Waals surface area contributed by atoms with Crippen LogP contribution in [0.1, 0.15) is 182 Å². The monoisotopic (exact) mass is 478 g/mol. The van der Waals surface area contributed by atoms with E-state index in [4.69, 9.17) is 14.4 Å². The maximum atomic E-state index is 8.74. The molecule has 0 aliphatic rings. The Morgan fingerprint density at radius 2 is 0.438 bits per heavy atom. The lowest BCUT2D eigenvalue weighted by molar-refractivity contribution is 0.405. The summed E-state index contributed by atoms with van der Waals surface area (Å²) in [6, 6.07) is 0. The standard InChI is InChI=1S/2C14H30.H3O3P/c2*1-3-5-7-9-11-13-14-12-10-8-6-4-2;1-4(2)3/h2*3-14H2,1-2H3;4H,(H2,1,2,3). The van der Waals surface area contributed by atoms with Crippen LogP contribution in [0.2, 0.25) is 0 Å². The van der Waals surface area contributed by atoms with Crippen LogP contribution in [0.15, 0.2) is 0 Å². The van der Waals surface area contributed by atoms with E-state index in [1.54, 1.807) is 0 Å². The highest BCUT2D eigenvalue weighted by Gasteiger charge is 1.92. The Morgan fingerprint density at radius 1 is 0.344 bits per heavy atom. The Morgan fingerprint density at radius 3 is 0.531 bits per heavy atom. The second kappa shape index (κ2) is 38.4. The van der Waals surface area contributed by atoms with Crippen molar-refractivity contribution in [1.29, 1.82) is 0 Å². The second-order valence-corrected chi connectivity index (χ2v) is 9.92. The third-order valence-corrected chi connectivity index (χ3v) is 5.91. The van der Waals surface area contributed by atoms with Crippen molar-refractivity contribution in [3.05, 3.63) is 0 Å². The van der Waals surface area contributed by atoms with Crippen LogP contribution in [0.3, 0.4) is 0 Å². The molecule has 0 fully saturated rings. The highest BCUT2D eigenvalue weighted by atomic mass is 31.1. The molecule has 0 rings (SSSR count). The molecule has 0 atom stereocenters. The molecule has 0 aromatic heterocycles. The van der Waals surface area contributed by atoms with Crippen LogP contribution in [0.5, 0.6) is 0 Å². The molecular formula is C28H63O3P. The van der Waals surface area contributed by atoms with Gasteiger partial charge in [0.05, 0.1) is 0 Å². The van der Waals surface area contributed by atoms with Gasteiger partial charge in [0, 0.05) is 0 Å². The number of hydrogen-bond acceptors (Lipinski definition) is 1. The van der Waals surface area contributed by atoms with Crippen molar-refractivity contribution in [2.45, 2.75) is 182 Å². The molecule has 32 heavy (non-hydrogen) atoms. The highest BCUT2D eigenvalue weighted by molar-refractivity contribution is 7.30. The molecule has 0 aromatic carbocycles. The minimum atomic E-state index is -3.13. The van der Waals surface area contributed by atoms with Crippen molar-refractivity contribution >= 4 is 8.25 Å². The van der Waals surface area contributed by atoms with E-state index >= 15 is 0 Å². The molecule has 0 unspecified atom stereocenters. The van der Waals surface area contributed by atoms with E-state index in [9.17, 15) is 0 Å². The van der Waals surface area contributed by atoms with Gasteiger partial charge in [-0.25, -0.2) is 0 Å². The zero-order valence-electron chi connectivity index (χ0n) is 22.8. The average Bonchev–Trinajstić information content (AvgIpc) is 2.76. The summed E-state index contributed by atoms with van der Waals surface area (Å²) < 4.78 is 8.74. The van der Waals surface area contributed by atoms with Gasteiger partial charge in [-0.2, -0.15) is 0 Å². The lowest BCUT2D eigenvalue weighted by Gasteiger charge is -2.01. The van der Waals surface area contributed by atoms with Crippen molar-refractivity contribution in [3.63, 3.8) is 0 Å². The van der Waals surface area contributed by atoms with Gasteiger partial charge in [-0.1, -0.05) is 182 Å². The largest absolute Gasteiger partial charge is 0.326 e. The minimum absolute atomic E-state index is 1.37. The van der Waals surface area contributed by atoms with Crippen LogP contribution in [0.4, 0.5) is 0 Å². The van der Waals surface area contributed by atoms with Crippen molar-refractivity contribution in [1.82, 2.24) is 0 Å². The van der Waals surface area contributed by atoms with Gasteiger partial charge < -0.3 is 9.79 Å². The van der Waals surface area contributed by atoms with E-state index in [-0.39, 0.29) is 0 Å². The third kappa shape index (κ3) is 52.2. The molecule has 0 heterocycles. The molecule has 3 nitrogen and oxygen atoms in total. The van der Waals surface area contributed by atoms with Gasteiger partial charge in [-0.05, 0) is 0 Å². The Balaban J connectivity index is -0.000000450. The molecule has 2 N–H and O–H groups in total. The van der Waals surface area contributed by atoms with Crippen LogP contribution in [0, 0.1) is 0 Å². The molecule has 0 radical (unpaired) electrons. The Kier molecular flexibility index (Phi) is 44.1. The topological polar surface area (TPSA) is 57.5 Å². The van der Waals surface area contributed by atoms with E-state index in [1.165, 1.54) is 154 Å². The zero-order valence-corrected chi connectivity index (χ0v) is 23.8. The Hall–Kier alpha value is 0.150. The predicted octanol–water partition coefficient (Wildman–Crippen LogP) is 10.8. The summed E-state index contributed by atoms with van der Waals surface area (Å²) in [6.45, 7) is 9.14. The fraction of sp³-hybridized carbons (Fsp3) is 1.00. The maximum absolute atomic E-state index is 8.74. The van der Waals surface area contributed by atoms with Gasteiger partial charge in [0.2, 0.25) is 0 Å². The van der Waals surface area contributed by atoms with Gasteiger partial charge >= 0.3 is 8.25 Å². The normalized spacial score (nSPS) is 10.5. The smallest absolute Gasteiger partial charge is 0.314 e. The number of hydrogen-bond donors (Lipinski definition) is 2. The molecule has 0 saturated heterocycles. The van der Waals surface area contributed by atoms with Gasteiger partial charge in [-0.15, -0.1) is 0 Å². The maximum Gasteiger partial charge on any atom is 0.314 e. The predicted molar refractivity (Wildman–Crippen MR) is 147 cm³/mol.